The predicted octanol–water partition coefficient (Wildman–Crippen LogP) is 3.36. The van der Waals surface area contributed by atoms with E-state index < -0.39 is 0 Å². The Hall–Kier alpha value is -3.35. The van der Waals surface area contributed by atoms with Crippen LogP contribution in [0.3, 0.4) is 0 Å². The number of rotatable bonds is 4. The SMILES string of the molecule is CCOc1ccc2ccccc2c1C(=O)Nc1nn(C)c2c1CC(C)C(=O)N2. The van der Waals surface area contributed by atoms with Crippen LogP contribution in [0.25, 0.3) is 10.8 Å². The lowest BCUT2D eigenvalue weighted by Gasteiger charge is -2.20. The number of benzene rings is 2. The number of carbonyl (C=O) groups excluding carboxylic acids is 2. The molecule has 0 saturated heterocycles. The van der Waals surface area contributed by atoms with Gasteiger partial charge in [-0.3, -0.25) is 14.3 Å². The van der Waals surface area contributed by atoms with Gasteiger partial charge in [0.1, 0.15) is 11.6 Å². The monoisotopic (exact) mass is 378 g/mol. The van der Waals surface area contributed by atoms with E-state index in [1.165, 1.54) is 0 Å². The van der Waals surface area contributed by atoms with E-state index in [1.54, 1.807) is 11.7 Å². The second-order valence-electron chi connectivity index (χ2n) is 6.94. The maximum absolute atomic E-state index is 13.2. The van der Waals surface area contributed by atoms with Gasteiger partial charge in [-0.05, 0) is 30.2 Å². The summed E-state index contributed by atoms with van der Waals surface area (Å²) in [6.45, 7) is 4.20. The average Bonchev–Trinajstić information content (AvgIpc) is 2.96. The molecule has 3 aromatic rings. The first-order valence-corrected chi connectivity index (χ1v) is 9.32. The van der Waals surface area contributed by atoms with Gasteiger partial charge in [-0.15, -0.1) is 0 Å². The van der Waals surface area contributed by atoms with Crippen LogP contribution in [0, 0.1) is 5.92 Å². The largest absolute Gasteiger partial charge is 0.493 e. The summed E-state index contributed by atoms with van der Waals surface area (Å²) in [5.74, 6) is 1.12. The van der Waals surface area contributed by atoms with Crippen LogP contribution >= 0.6 is 0 Å². The number of ether oxygens (including phenoxy) is 1. The van der Waals surface area contributed by atoms with E-state index in [9.17, 15) is 9.59 Å². The first-order valence-electron chi connectivity index (χ1n) is 9.32. The molecule has 4 rings (SSSR count). The lowest BCUT2D eigenvalue weighted by Crippen LogP contribution is -2.28. The van der Waals surface area contributed by atoms with Crippen molar-refractivity contribution in [3.8, 4) is 5.75 Å². The number of hydrogen-bond acceptors (Lipinski definition) is 4. The zero-order chi connectivity index (χ0) is 19.8. The van der Waals surface area contributed by atoms with Gasteiger partial charge in [0.25, 0.3) is 5.91 Å². The molecular weight excluding hydrogens is 356 g/mol. The molecule has 0 radical (unpaired) electrons. The average molecular weight is 378 g/mol. The summed E-state index contributed by atoms with van der Waals surface area (Å²) in [7, 11) is 1.74. The zero-order valence-corrected chi connectivity index (χ0v) is 16.1. The molecule has 7 nitrogen and oxygen atoms in total. The summed E-state index contributed by atoms with van der Waals surface area (Å²) in [5, 5.41) is 12.0. The lowest BCUT2D eigenvalue weighted by molar-refractivity contribution is -0.119. The maximum Gasteiger partial charge on any atom is 0.261 e. The van der Waals surface area contributed by atoms with Crippen LogP contribution in [-0.2, 0) is 18.3 Å². The number of aromatic nitrogens is 2. The predicted molar refractivity (Wildman–Crippen MR) is 108 cm³/mol. The first-order chi connectivity index (χ1) is 13.5. The summed E-state index contributed by atoms with van der Waals surface area (Å²) >= 11 is 0. The molecule has 2 N–H and O–H groups in total. The van der Waals surface area contributed by atoms with Crippen LogP contribution < -0.4 is 15.4 Å². The minimum absolute atomic E-state index is 0.0407. The van der Waals surface area contributed by atoms with Crippen molar-refractivity contribution in [2.24, 2.45) is 13.0 Å². The van der Waals surface area contributed by atoms with E-state index in [0.29, 0.717) is 36.0 Å². The van der Waals surface area contributed by atoms with E-state index in [-0.39, 0.29) is 17.7 Å². The van der Waals surface area contributed by atoms with E-state index >= 15 is 0 Å². The fraction of sp³-hybridized carbons (Fsp3) is 0.286. The van der Waals surface area contributed by atoms with Crippen molar-refractivity contribution < 1.29 is 14.3 Å². The van der Waals surface area contributed by atoms with Crippen molar-refractivity contribution >= 4 is 34.2 Å². The number of fused-ring (bicyclic) bond motifs is 2. The molecule has 2 aromatic carbocycles. The van der Waals surface area contributed by atoms with Crippen LogP contribution in [0.15, 0.2) is 36.4 Å². The highest BCUT2D eigenvalue weighted by molar-refractivity contribution is 6.15. The molecule has 0 bridgehead atoms. The molecule has 0 fully saturated rings. The Balaban J connectivity index is 1.75. The lowest BCUT2D eigenvalue weighted by atomic mass is 9.97. The van der Waals surface area contributed by atoms with Crippen molar-refractivity contribution in [3.05, 3.63) is 47.5 Å². The molecule has 28 heavy (non-hydrogen) atoms. The van der Waals surface area contributed by atoms with Crippen molar-refractivity contribution in [1.82, 2.24) is 9.78 Å². The van der Waals surface area contributed by atoms with Gasteiger partial charge in [0, 0.05) is 18.5 Å². The molecule has 1 aliphatic heterocycles. The van der Waals surface area contributed by atoms with Crippen molar-refractivity contribution in [2.45, 2.75) is 20.3 Å². The number of nitrogens with one attached hydrogen (secondary N) is 2. The number of aryl methyl sites for hydroxylation is 1. The summed E-state index contributed by atoms with van der Waals surface area (Å²) in [6.07, 6.45) is 0.526. The van der Waals surface area contributed by atoms with E-state index in [4.69, 9.17) is 4.74 Å². The minimum atomic E-state index is -0.286. The van der Waals surface area contributed by atoms with Crippen LogP contribution in [-0.4, -0.2) is 28.2 Å². The Kier molecular flexibility index (Phi) is 4.50. The number of carbonyl (C=O) groups is 2. The quantitative estimate of drug-likeness (QED) is 0.729. The molecule has 144 valence electrons. The van der Waals surface area contributed by atoms with Gasteiger partial charge < -0.3 is 15.4 Å². The molecule has 2 amide bonds. The first kappa shape index (κ1) is 18.0. The normalized spacial score (nSPS) is 15.8. The summed E-state index contributed by atoms with van der Waals surface area (Å²) in [5.41, 5.74) is 1.31. The van der Waals surface area contributed by atoms with Crippen molar-refractivity contribution in [2.75, 3.05) is 17.2 Å². The standard InChI is InChI=1S/C21H22N4O3/c1-4-28-16-10-9-13-7-5-6-8-14(13)17(16)21(27)22-18-15-11-12(2)20(26)23-19(15)25(3)24-18/h5-10,12H,4,11H2,1-3H3,(H,23,26)(H,22,24,27). The summed E-state index contributed by atoms with van der Waals surface area (Å²) in [6, 6.07) is 11.5. The van der Waals surface area contributed by atoms with E-state index in [1.807, 2.05) is 50.2 Å². The second-order valence-corrected chi connectivity index (χ2v) is 6.94. The molecular formula is C21H22N4O3. The van der Waals surface area contributed by atoms with Gasteiger partial charge >= 0.3 is 0 Å². The molecule has 1 aromatic heterocycles. The number of hydrogen-bond donors (Lipinski definition) is 2. The Morgan fingerprint density at radius 1 is 1.32 bits per heavy atom. The zero-order valence-electron chi connectivity index (χ0n) is 16.1. The topological polar surface area (TPSA) is 85.2 Å². The highest BCUT2D eigenvalue weighted by Crippen LogP contribution is 2.33. The highest BCUT2D eigenvalue weighted by Gasteiger charge is 2.29. The molecule has 1 aliphatic rings. The number of amides is 2. The number of anilines is 2. The van der Waals surface area contributed by atoms with Gasteiger partial charge in [-0.2, -0.15) is 5.10 Å². The molecule has 1 atom stereocenters. The summed E-state index contributed by atoms with van der Waals surface area (Å²) < 4.78 is 7.29. The van der Waals surface area contributed by atoms with Gasteiger partial charge in [-0.25, -0.2) is 0 Å². The molecule has 2 heterocycles. The van der Waals surface area contributed by atoms with E-state index in [0.717, 1.165) is 16.3 Å². The molecule has 7 heteroatoms. The molecule has 0 saturated carbocycles. The Morgan fingerprint density at radius 2 is 2.11 bits per heavy atom. The van der Waals surface area contributed by atoms with Gasteiger partial charge in [0.15, 0.2) is 5.82 Å². The Bertz CT molecular complexity index is 1090. The van der Waals surface area contributed by atoms with Crippen molar-refractivity contribution in [1.29, 1.82) is 0 Å². The van der Waals surface area contributed by atoms with Gasteiger partial charge in [-0.1, -0.05) is 37.3 Å². The van der Waals surface area contributed by atoms with Crippen molar-refractivity contribution in [3.63, 3.8) is 0 Å². The van der Waals surface area contributed by atoms with Gasteiger partial charge in [0.05, 0.1) is 12.2 Å². The van der Waals surface area contributed by atoms with Crippen LogP contribution in [0.4, 0.5) is 11.6 Å². The fourth-order valence-corrected chi connectivity index (χ4v) is 3.59. The maximum atomic E-state index is 13.2. The van der Waals surface area contributed by atoms with Gasteiger partial charge in [0.2, 0.25) is 5.91 Å². The minimum Gasteiger partial charge on any atom is -0.493 e. The fourth-order valence-electron chi connectivity index (χ4n) is 3.59. The third kappa shape index (κ3) is 2.98. The van der Waals surface area contributed by atoms with Crippen LogP contribution in [0.1, 0.15) is 29.8 Å². The smallest absolute Gasteiger partial charge is 0.261 e. The Morgan fingerprint density at radius 3 is 2.89 bits per heavy atom. The molecule has 0 spiro atoms. The van der Waals surface area contributed by atoms with E-state index in [2.05, 4.69) is 15.7 Å². The summed E-state index contributed by atoms with van der Waals surface area (Å²) in [4.78, 5) is 25.2. The van der Waals surface area contributed by atoms with Crippen LogP contribution in [0.5, 0.6) is 5.75 Å². The Labute approximate surface area is 162 Å². The number of nitrogens with zero attached hydrogens (tertiary/aromatic N) is 2. The third-order valence-electron chi connectivity index (χ3n) is 4.99. The third-order valence-corrected chi connectivity index (χ3v) is 4.99. The second kappa shape index (κ2) is 6.99. The molecule has 1 unspecified atom stereocenters. The molecule has 0 aliphatic carbocycles. The highest BCUT2D eigenvalue weighted by atomic mass is 16.5. The van der Waals surface area contributed by atoms with Crippen LogP contribution in [0.2, 0.25) is 0 Å².